The fraction of sp³-hybridized carbons (Fsp3) is 0.429. The van der Waals surface area contributed by atoms with Crippen molar-refractivity contribution in [2.24, 2.45) is 0 Å². The van der Waals surface area contributed by atoms with Crippen LogP contribution < -0.4 is 0 Å². The Balaban J connectivity index is 2.23. The second kappa shape index (κ2) is 4.29. The lowest BCUT2D eigenvalue weighted by molar-refractivity contribution is 0.604. The second-order valence-electron chi connectivity index (χ2n) is 5.19. The number of benzene rings is 1. The summed E-state index contributed by atoms with van der Waals surface area (Å²) < 4.78 is 14.0. The molecule has 0 aromatic heterocycles. The number of rotatable bonds is 2. The van der Waals surface area contributed by atoms with Crippen LogP contribution in [0.3, 0.4) is 0 Å². The molecule has 0 saturated carbocycles. The molecule has 0 bridgehead atoms. The molecule has 1 fully saturated rings. The van der Waals surface area contributed by atoms with Gasteiger partial charge in [0, 0.05) is 0 Å². The summed E-state index contributed by atoms with van der Waals surface area (Å²) in [6.07, 6.45) is 5.51. The van der Waals surface area contributed by atoms with Crippen molar-refractivity contribution in [1.82, 2.24) is 4.31 Å². The maximum atomic E-state index is 12.3. The predicted molar refractivity (Wildman–Crippen MR) is 71.5 cm³/mol. The van der Waals surface area contributed by atoms with Crippen LogP contribution >= 0.6 is 0 Å². The van der Waals surface area contributed by atoms with Crippen molar-refractivity contribution in [2.75, 3.05) is 0 Å². The van der Waals surface area contributed by atoms with E-state index in [9.17, 15) is 4.21 Å². The van der Waals surface area contributed by atoms with E-state index in [0.717, 1.165) is 5.56 Å². The number of terminal acetylenes is 1. The topological polar surface area (TPSA) is 20.1 Å². The third-order valence-electron chi connectivity index (χ3n) is 2.78. The van der Waals surface area contributed by atoms with E-state index in [-0.39, 0.29) is 16.8 Å². The first-order valence-electron chi connectivity index (χ1n) is 5.68. The standard InChI is InChI=1S/C14H17NOS/c1-5-12-13(11-9-7-6-8-10-11)15(12)17(16)14(2,3)4/h1,6-10,12-13H,2-4H3/t12-,13-,15?,17?/m0/s1. The average molecular weight is 247 g/mol. The third kappa shape index (κ3) is 2.29. The summed E-state index contributed by atoms with van der Waals surface area (Å²) in [4.78, 5) is 0. The molecule has 1 saturated heterocycles. The highest BCUT2D eigenvalue weighted by Crippen LogP contribution is 2.46. The van der Waals surface area contributed by atoms with E-state index >= 15 is 0 Å². The molecule has 0 N–H and O–H groups in total. The maximum Gasteiger partial charge on any atom is 0.104 e. The van der Waals surface area contributed by atoms with Crippen LogP contribution in [-0.4, -0.2) is 19.3 Å². The van der Waals surface area contributed by atoms with Gasteiger partial charge in [0.2, 0.25) is 0 Å². The monoisotopic (exact) mass is 247 g/mol. The van der Waals surface area contributed by atoms with Crippen LogP contribution in [0.1, 0.15) is 32.4 Å². The molecule has 2 nitrogen and oxygen atoms in total. The minimum atomic E-state index is -1.05. The van der Waals surface area contributed by atoms with E-state index in [1.807, 2.05) is 55.4 Å². The Labute approximate surface area is 106 Å². The average Bonchev–Trinajstić information content (AvgIpc) is 3.02. The quantitative estimate of drug-likeness (QED) is 0.581. The van der Waals surface area contributed by atoms with Crippen LogP contribution in [0.5, 0.6) is 0 Å². The molecule has 0 amide bonds. The SMILES string of the molecule is C#C[C@H]1[C@H](c2ccccc2)N1S(=O)C(C)(C)C. The molecule has 0 aliphatic carbocycles. The van der Waals surface area contributed by atoms with Crippen molar-refractivity contribution in [1.29, 1.82) is 0 Å². The lowest BCUT2D eigenvalue weighted by atomic mass is 10.1. The Hall–Kier alpha value is -1.11. The molecule has 17 heavy (non-hydrogen) atoms. The molecule has 0 spiro atoms. The zero-order valence-electron chi connectivity index (χ0n) is 10.4. The first-order chi connectivity index (χ1) is 7.96. The molecule has 0 radical (unpaired) electrons. The molecule has 1 aromatic rings. The van der Waals surface area contributed by atoms with Gasteiger partial charge in [-0.25, -0.2) is 4.21 Å². The van der Waals surface area contributed by atoms with Crippen LogP contribution in [0, 0.1) is 12.3 Å². The Morgan fingerprint density at radius 3 is 2.35 bits per heavy atom. The van der Waals surface area contributed by atoms with Crippen molar-refractivity contribution >= 4 is 11.0 Å². The van der Waals surface area contributed by atoms with Gasteiger partial charge in [0.1, 0.15) is 17.0 Å². The minimum Gasteiger partial charge on any atom is -0.242 e. The van der Waals surface area contributed by atoms with Gasteiger partial charge < -0.3 is 0 Å². The van der Waals surface area contributed by atoms with Gasteiger partial charge in [-0.2, -0.15) is 4.31 Å². The zero-order valence-corrected chi connectivity index (χ0v) is 11.2. The van der Waals surface area contributed by atoms with E-state index in [2.05, 4.69) is 5.92 Å². The highest BCUT2D eigenvalue weighted by atomic mass is 32.2. The molecule has 2 unspecified atom stereocenters. The highest BCUT2D eigenvalue weighted by molar-refractivity contribution is 7.84. The molecule has 2 rings (SSSR count). The summed E-state index contributed by atoms with van der Waals surface area (Å²) >= 11 is 0. The lowest BCUT2D eigenvalue weighted by Crippen LogP contribution is -2.28. The fourth-order valence-corrected chi connectivity index (χ4v) is 3.28. The van der Waals surface area contributed by atoms with Crippen molar-refractivity contribution in [3.8, 4) is 12.3 Å². The zero-order chi connectivity index (χ0) is 12.6. The first-order valence-corrected chi connectivity index (χ1v) is 6.79. The summed E-state index contributed by atoms with van der Waals surface area (Å²) in [5, 5.41) is 0. The van der Waals surface area contributed by atoms with Gasteiger partial charge in [-0.05, 0) is 26.3 Å². The van der Waals surface area contributed by atoms with Crippen molar-refractivity contribution in [2.45, 2.75) is 37.6 Å². The molecule has 1 heterocycles. The molecular formula is C14H17NOS. The van der Waals surface area contributed by atoms with Gasteiger partial charge >= 0.3 is 0 Å². The molecular weight excluding hydrogens is 230 g/mol. The summed E-state index contributed by atoms with van der Waals surface area (Å²) in [6, 6.07) is 10.1. The van der Waals surface area contributed by atoms with Crippen LogP contribution in [0.25, 0.3) is 0 Å². The van der Waals surface area contributed by atoms with E-state index < -0.39 is 11.0 Å². The minimum absolute atomic E-state index is 0.0301. The Bertz CT molecular complexity index is 469. The summed E-state index contributed by atoms with van der Waals surface area (Å²) in [7, 11) is -1.05. The number of hydrogen-bond donors (Lipinski definition) is 0. The van der Waals surface area contributed by atoms with Crippen molar-refractivity contribution in [3.63, 3.8) is 0 Å². The van der Waals surface area contributed by atoms with E-state index in [1.165, 1.54) is 0 Å². The largest absolute Gasteiger partial charge is 0.242 e. The van der Waals surface area contributed by atoms with Gasteiger partial charge in [0.15, 0.2) is 0 Å². The van der Waals surface area contributed by atoms with Gasteiger partial charge in [0.25, 0.3) is 0 Å². The Kier molecular flexibility index (Phi) is 3.11. The van der Waals surface area contributed by atoms with Crippen molar-refractivity contribution < 1.29 is 4.21 Å². The molecule has 4 atom stereocenters. The molecule has 1 aliphatic heterocycles. The second-order valence-corrected chi connectivity index (χ2v) is 7.33. The lowest BCUT2D eigenvalue weighted by Gasteiger charge is -2.18. The van der Waals surface area contributed by atoms with E-state index in [0.29, 0.717) is 0 Å². The summed E-state index contributed by atoms with van der Waals surface area (Å²) in [5.74, 6) is 2.72. The van der Waals surface area contributed by atoms with Gasteiger partial charge in [-0.3, -0.25) is 0 Å². The highest BCUT2D eigenvalue weighted by Gasteiger charge is 2.53. The molecule has 1 aliphatic rings. The molecule has 90 valence electrons. The predicted octanol–water partition coefficient (Wildman–Crippen LogP) is 2.51. The third-order valence-corrected chi connectivity index (χ3v) is 4.67. The van der Waals surface area contributed by atoms with E-state index in [4.69, 9.17) is 6.42 Å². The summed E-state index contributed by atoms with van der Waals surface area (Å²) in [5.41, 5.74) is 1.15. The van der Waals surface area contributed by atoms with Crippen LogP contribution in [-0.2, 0) is 11.0 Å². The van der Waals surface area contributed by atoms with E-state index in [1.54, 1.807) is 0 Å². The number of nitrogens with zero attached hydrogens (tertiary/aromatic N) is 1. The van der Waals surface area contributed by atoms with Crippen LogP contribution in [0.2, 0.25) is 0 Å². The smallest absolute Gasteiger partial charge is 0.104 e. The van der Waals surface area contributed by atoms with Gasteiger partial charge in [-0.15, -0.1) is 6.42 Å². The normalized spacial score (nSPS) is 29.4. The van der Waals surface area contributed by atoms with Crippen LogP contribution in [0.15, 0.2) is 30.3 Å². The number of hydrogen-bond acceptors (Lipinski definition) is 1. The summed E-state index contributed by atoms with van der Waals surface area (Å²) in [6.45, 7) is 5.91. The maximum absolute atomic E-state index is 12.3. The molecule has 3 heteroatoms. The Morgan fingerprint density at radius 2 is 1.88 bits per heavy atom. The first kappa shape index (κ1) is 12.3. The van der Waals surface area contributed by atoms with Crippen LogP contribution in [0.4, 0.5) is 0 Å². The van der Waals surface area contributed by atoms with Crippen molar-refractivity contribution in [3.05, 3.63) is 35.9 Å². The molecule has 1 aromatic carbocycles. The van der Waals surface area contributed by atoms with Gasteiger partial charge in [-0.1, -0.05) is 36.3 Å². The Morgan fingerprint density at radius 1 is 1.29 bits per heavy atom. The van der Waals surface area contributed by atoms with Gasteiger partial charge in [0.05, 0.1) is 10.8 Å². The fourth-order valence-electron chi connectivity index (χ4n) is 1.88.